The van der Waals surface area contributed by atoms with Gasteiger partial charge in [-0.15, -0.1) is 0 Å². The molecule has 1 aromatic carbocycles. The second kappa shape index (κ2) is 6.80. The molecule has 0 atom stereocenters. The molecule has 2 aromatic rings. The van der Waals surface area contributed by atoms with Gasteiger partial charge in [0, 0.05) is 25.0 Å². The Bertz CT molecular complexity index is 556. The molecule has 0 amide bonds. The largest absolute Gasteiger partial charge is 0.416 e. The minimum Gasteiger partial charge on any atom is -0.346 e. The summed E-state index contributed by atoms with van der Waals surface area (Å²) in [6.07, 6.45) is -1.26. The number of hydrogen-bond acceptors (Lipinski definition) is 1. The lowest BCUT2D eigenvalue weighted by Crippen LogP contribution is -2.17. The number of nitrogens with zero attached hydrogens (tertiary/aromatic N) is 1. The molecule has 21 heavy (non-hydrogen) atoms. The van der Waals surface area contributed by atoms with Crippen LogP contribution in [0.3, 0.4) is 0 Å². The molecule has 1 aromatic heterocycles. The van der Waals surface area contributed by atoms with Gasteiger partial charge in [0.1, 0.15) is 0 Å². The zero-order valence-corrected chi connectivity index (χ0v) is 12.0. The van der Waals surface area contributed by atoms with Gasteiger partial charge in [0.2, 0.25) is 0 Å². The molecule has 0 unspecified atom stereocenters. The number of alkyl halides is 3. The van der Waals surface area contributed by atoms with E-state index >= 15 is 0 Å². The molecule has 2 nitrogen and oxygen atoms in total. The fourth-order valence-corrected chi connectivity index (χ4v) is 2.15. The van der Waals surface area contributed by atoms with E-state index in [1.807, 2.05) is 22.9 Å². The Morgan fingerprint density at radius 2 is 1.81 bits per heavy atom. The van der Waals surface area contributed by atoms with E-state index in [-0.39, 0.29) is 0 Å². The summed E-state index contributed by atoms with van der Waals surface area (Å²) in [6.45, 7) is 4.40. The van der Waals surface area contributed by atoms with Crippen LogP contribution in [-0.4, -0.2) is 11.1 Å². The Hall–Kier alpha value is -1.75. The Balaban J connectivity index is 2.03. The Labute approximate surface area is 122 Å². The van der Waals surface area contributed by atoms with Gasteiger partial charge in [0.25, 0.3) is 0 Å². The highest BCUT2D eigenvalue weighted by Crippen LogP contribution is 2.29. The summed E-state index contributed by atoms with van der Waals surface area (Å²) in [5.74, 6) is 0. The van der Waals surface area contributed by atoms with Gasteiger partial charge in [0.15, 0.2) is 0 Å². The van der Waals surface area contributed by atoms with E-state index in [2.05, 4.69) is 12.2 Å². The lowest BCUT2D eigenvalue weighted by molar-refractivity contribution is -0.137. The van der Waals surface area contributed by atoms with Crippen molar-refractivity contribution in [3.8, 4) is 0 Å². The first kappa shape index (κ1) is 15.6. The van der Waals surface area contributed by atoms with Crippen LogP contribution in [0.2, 0.25) is 0 Å². The summed E-state index contributed by atoms with van der Waals surface area (Å²) in [4.78, 5) is 0. The molecule has 1 heterocycles. The van der Waals surface area contributed by atoms with Crippen LogP contribution in [0.25, 0.3) is 0 Å². The maximum absolute atomic E-state index is 12.5. The molecule has 0 spiro atoms. The first-order valence-corrected chi connectivity index (χ1v) is 7.01. The molecule has 0 aliphatic rings. The van der Waals surface area contributed by atoms with E-state index in [9.17, 15) is 13.2 Å². The van der Waals surface area contributed by atoms with E-state index < -0.39 is 11.7 Å². The van der Waals surface area contributed by atoms with E-state index in [0.717, 1.165) is 42.9 Å². The average Bonchev–Trinajstić information content (AvgIpc) is 2.86. The van der Waals surface area contributed by atoms with Crippen molar-refractivity contribution in [1.82, 2.24) is 9.88 Å². The van der Waals surface area contributed by atoms with Gasteiger partial charge >= 0.3 is 6.18 Å². The SMILES string of the molecule is CCCNCc1cccn1Cc1ccc(C(F)(F)F)cc1. The highest BCUT2D eigenvalue weighted by Gasteiger charge is 2.29. The van der Waals surface area contributed by atoms with Crippen LogP contribution in [0.5, 0.6) is 0 Å². The molecule has 2 rings (SSSR count). The molecule has 0 saturated heterocycles. The van der Waals surface area contributed by atoms with Crippen LogP contribution in [0.1, 0.15) is 30.2 Å². The molecular weight excluding hydrogens is 277 g/mol. The number of hydrogen-bond donors (Lipinski definition) is 1. The molecule has 0 saturated carbocycles. The molecule has 1 N–H and O–H groups in total. The fraction of sp³-hybridized carbons (Fsp3) is 0.375. The van der Waals surface area contributed by atoms with Crippen LogP contribution in [-0.2, 0) is 19.3 Å². The van der Waals surface area contributed by atoms with Crippen molar-refractivity contribution in [3.05, 3.63) is 59.4 Å². The lowest BCUT2D eigenvalue weighted by atomic mass is 10.1. The van der Waals surface area contributed by atoms with Crippen molar-refractivity contribution in [2.75, 3.05) is 6.54 Å². The number of halogens is 3. The molecule has 0 radical (unpaired) electrons. The summed E-state index contributed by atoms with van der Waals surface area (Å²) in [6, 6.07) is 9.31. The molecule has 114 valence electrons. The maximum Gasteiger partial charge on any atom is 0.416 e. The van der Waals surface area contributed by atoms with Crippen LogP contribution in [0.4, 0.5) is 13.2 Å². The Morgan fingerprint density at radius 1 is 1.10 bits per heavy atom. The molecule has 0 aliphatic carbocycles. The quantitative estimate of drug-likeness (QED) is 0.796. The normalized spacial score (nSPS) is 11.8. The van der Waals surface area contributed by atoms with Gasteiger partial charge in [-0.3, -0.25) is 0 Å². The number of aromatic nitrogens is 1. The van der Waals surface area contributed by atoms with E-state index in [0.29, 0.717) is 6.54 Å². The van der Waals surface area contributed by atoms with Crippen LogP contribution in [0.15, 0.2) is 42.6 Å². The molecular formula is C16H19F3N2. The van der Waals surface area contributed by atoms with Gasteiger partial charge in [-0.2, -0.15) is 13.2 Å². The number of rotatable bonds is 6. The van der Waals surface area contributed by atoms with Gasteiger partial charge < -0.3 is 9.88 Å². The smallest absolute Gasteiger partial charge is 0.346 e. The molecule has 0 aliphatic heterocycles. The third-order valence-corrected chi connectivity index (χ3v) is 3.29. The summed E-state index contributed by atoms with van der Waals surface area (Å²) in [5.41, 5.74) is 1.38. The van der Waals surface area contributed by atoms with Crippen molar-refractivity contribution < 1.29 is 13.2 Å². The van der Waals surface area contributed by atoms with Gasteiger partial charge in [-0.25, -0.2) is 0 Å². The van der Waals surface area contributed by atoms with Crippen LogP contribution < -0.4 is 5.32 Å². The average molecular weight is 296 g/mol. The highest BCUT2D eigenvalue weighted by atomic mass is 19.4. The van der Waals surface area contributed by atoms with Gasteiger partial charge in [0.05, 0.1) is 5.56 Å². The van der Waals surface area contributed by atoms with Gasteiger partial charge in [-0.1, -0.05) is 19.1 Å². The number of nitrogens with one attached hydrogen (secondary N) is 1. The van der Waals surface area contributed by atoms with Crippen molar-refractivity contribution in [2.24, 2.45) is 0 Å². The van der Waals surface area contributed by atoms with Crippen LogP contribution in [0, 0.1) is 0 Å². The lowest BCUT2D eigenvalue weighted by Gasteiger charge is -2.11. The van der Waals surface area contributed by atoms with Crippen molar-refractivity contribution in [1.29, 1.82) is 0 Å². The van der Waals surface area contributed by atoms with E-state index in [4.69, 9.17) is 0 Å². The first-order valence-electron chi connectivity index (χ1n) is 7.01. The Kier molecular flexibility index (Phi) is 5.07. The zero-order chi connectivity index (χ0) is 15.3. The summed E-state index contributed by atoms with van der Waals surface area (Å²) in [5, 5.41) is 3.32. The predicted octanol–water partition coefficient (Wildman–Crippen LogP) is 4.05. The van der Waals surface area contributed by atoms with Crippen LogP contribution >= 0.6 is 0 Å². The minimum atomic E-state index is -4.28. The minimum absolute atomic E-state index is 0.578. The summed E-state index contributed by atoms with van der Waals surface area (Å²) in [7, 11) is 0. The third-order valence-electron chi connectivity index (χ3n) is 3.29. The summed E-state index contributed by atoms with van der Waals surface area (Å²) >= 11 is 0. The number of benzene rings is 1. The predicted molar refractivity (Wildman–Crippen MR) is 77.0 cm³/mol. The molecule has 0 bridgehead atoms. The second-order valence-electron chi connectivity index (χ2n) is 5.00. The Morgan fingerprint density at radius 3 is 2.43 bits per heavy atom. The standard InChI is InChI=1S/C16H19F3N2/c1-2-9-20-11-15-4-3-10-21(15)12-13-5-7-14(8-6-13)16(17,18)19/h3-8,10,20H,2,9,11-12H2,1H3. The molecule has 0 fully saturated rings. The summed E-state index contributed by atoms with van der Waals surface area (Å²) < 4.78 is 39.6. The van der Waals surface area contributed by atoms with E-state index in [1.54, 1.807) is 0 Å². The zero-order valence-electron chi connectivity index (χ0n) is 12.0. The van der Waals surface area contributed by atoms with E-state index in [1.165, 1.54) is 12.1 Å². The first-order chi connectivity index (χ1) is 10.0. The fourth-order valence-electron chi connectivity index (χ4n) is 2.15. The topological polar surface area (TPSA) is 17.0 Å². The van der Waals surface area contributed by atoms with Gasteiger partial charge in [-0.05, 0) is 42.8 Å². The van der Waals surface area contributed by atoms with Crippen molar-refractivity contribution >= 4 is 0 Å². The highest BCUT2D eigenvalue weighted by molar-refractivity contribution is 5.25. The second-order valence-corrected chi connectivity index (χ2v) is 5.00. The monoisotopic (exact) mass is 296 g/mol. The molecule has 5 heteroatoms. The third kappa shape index (κ3) is 4.36. The van der Waals surface area contributed by atoms with Crippen molar-refractivity contribution in [3.63, 3.8) is 0 Å². The maximum atomic E-state index is 12.5. The van der Waals surface area contributed by atoms with Crippen molar-refractivity contribution in [2.45, 2.75) is 32.6 Å².